The molecule has 0 aromatic carbocycles. The average Bonchev–Trinajstić information content (AvgIpc) is 2.81. The van der Waals surface area contributed by atoms with Gasteiger partial charge < -0.3 is 9.47 Å². The number of rotatable bonds is 28. The van der Waals surface area contributed by atoms with Crippen molar-refractivity contribution in [2.45, 2.75) is 175 Å². The maximum atomic E-state index is 6.12. The van der Waals surface area contributed by atoms with Crippen LogP contribution in [-0.2, 0) is 9.47 Å². The fourth-order valence-corrected chi connectivity index (χ4v) is 4.45. The minimum absolute atomic E-state index is 0.439. The predicted molar refractivity (Wildman–Crippen MR) is 144 cm³/mol. The topological polar surface area (TPSA) is 18.5 Å². The van der Waals surface area contributed by atoms with Gasteiger partial charge in [0.15, 0.2) is 0 Å². The summed E-state index contributed by atoms with van der Waals surface area (Å²) in [5.74, 6) is 0. The highest BCUT2D eigenvalue weighted by Gasteiger charge is 2.06. The second-order valence-corrected chi connectivity index (χ2v) is 10.0. The van der Waals surface area contributed by atoms with Gasteiger partial charge in [-0.05, 0) is 32.1 Å². The normalized spacial score (nSPS) is 12.5. The van der Waals surface area contributed by atoms with E-state index in [1.807, 2.05) is 0 Å². The first-order valence-electron chi connectivity index (χ1n) is 15.0. The monoisotopic (exact) mass is 454 g/mol. The molecule has 0 N–H and O–H groups in total. The van der Waals surface area contributed by atoms with Crippen molar-refractivity contribution in [1.82, 2.24) is 0 Å². The summed E-state index contributed by atoms with van der Waals surface area (Å²) in [6, 6.07) is 0. The van der Waals surface area contributed by atoms with Crippen molar-refractivity contribution < 1.29 is 9.47 Å². The van der Waals surface area contributed by atoms with Crippen molar-refractivity contribution in [3.63, 3.8) is 0 Å². The molecule has 1 unspecified atom stereocenters. The lowest BCUT2D eigenvalue weighted by Crippen LogP contribution is -2.14. The summed E-state index contributed by atoms with van der Waals surface area (Å²) in [5, 5.41) is 0. The molecule has 0 aliphatic heterocycles. The first-order chi connectivity index (χ1) is 15.8. The predicted octanol–water partition coefficient (Wildman–Crippen LogP) is 10.4. The summed E-state index contributed by atoms with van der Waals surface area (Å²) in [6.07, 6.45) is 31.7. The SMILES string of the molecule is CCCCCCCCCCCCOCCCC(CC)OCCCCCCCCCCCC. The average molecular weight is 455 g/mol. The van der Waals surface area contributed by atoms with Crippen molar-refractivity contribution >= 4 is 0 Å². The molecule has 0 aliphatic rings. The van der Waals surface area contributed by atoms with Gasteiger partial charge in [0, 0.05) is 19.8 Å². The zero-order valence-corrected chi connectivity index (χ0v) is 22.8. The van der Waals surface area contributed by atoms with Crippen molar-refractivity contribution in [3.05, 3.63) is 0 Å². The van der Waals surface area contributed by atoms with Gasteiger partial charge in [0.1, 0.15) is 0 Å². The number of unbranched alkanes of at least 4 members (excludes halogenated alkanes) is 18. The van der Waals surface area contributed by atoms with Crippen LogP contribution in [0, 0.1) is 0 Å². The van der Waals surface area contributed by atoms with Crippen LogP contribution < -0.4 is 0 Å². The molecular weight excluding hydrogens is 392 g/mol. The van der Waals surface area contributed by atoms with E-state index in [0.717, 1.165) is 39.1 Å². The third-order valence-corrected chi connectivity index (χ3v) is 6.76. The minimum atomic E-state index is 0.439. The third kappa shape index (κ3) is 26.2. The molecule has 0 rings (SSSR count). The Balaban J connectivity index is 3.26. The van der Waals surface area contributed by atoms with Gasteiger partial charge in [0.25, 0.3) is 0 Å². The van der Waals surface area contributed by atoms with Crippen LogP contribution in [0.3, 0.4) is 0 Å². The molecule has 0 aromatic heterocycles. The molecule has 0 bridgehead atoms. The van der Waals surface area contributed by atoms with Crippen LogP contribution in [0.25, 0.3) is 0 Å². The van der Waals surface area contributed by atoms with E-state index in [1.165, 1.54) is 128 Å². The minimum Gasteiger partial charge on any atom is -0.381 e. The highest BCUT2D eigenvalue weighted by molar-refractivity contribution is 4.56. The van der Waals surface area contributed by atoms with E-state index in [1.54, 1.807) is 0 Å². The van der Waals surface area contributed by atoms with E-state index in [0.29, 0.717) is 6.10 Å². The number of hydrogen-bond acceptors (Lipinski definition) is 2. The Morgan fingerprint density at radius 1 is 0.406 bits per heavy atom. The van der Waals surface area contributed by atoms with E-state index in [4.69, 9.17) is 9.47 Å². The standard InChI is InChI=1S/C30H62O2/c1-4-7-9-11-13-15-17-19-21-23-27-31-28-25-26-30(6-3)32-29-24-22-20-18-16-14-12-10-8-5-2/h30H,4-29H2,1-3H3. The van der Waals surface area contributed by atoms with E-state index < -0.39 is 0 Å². The van der Waals surface area contributed by atoms with Gasteiger partial charge in [-0.25, -0.2) is 0 Å². The van der Waals surface area contributed by atoms with Gasteiger partial charge in [0.2, 0.25) is 0 Å². The molecule has 2 heteroatoms. The number of ether oxygens (including phenoxy) is 2. The second-order valence-electron chi connectivity index (χ2n) is 10.0. The molecule has 0 saturated carbocycles. The molecule has 0 amide bonds. The molecule has 0 fully saturated rings. The largest absolute Gasteiger partial charge is 0.381 e. The van der Waals surface area contributed by atoms with E-state index in [2.05, 4.69) is 20.8 Å². The highest BCUT2D eigenvalue weighted by atomic mass is 16.5. The zero-order chi connectivity index (χ0) is 23.4. The smallest absolute Gasteiger partial charge is 0.0573 e. The zero-order valence-electron chi connectivity index (χ0n) is 22.8. The molecule has 194 valence electrons. The molecule has 0 saturated heterocycles. The van der Waals surface area contributed by atoms with Crippen LogP contribution >= 0.6 is 0 Å². The number of hydrogen-bond donors (Lipinski definition) is 0. The molecule has 0 heterocycles. The molecule has 0 aromatic rings. The lowest BCUT2D eigenvalue weighted by molar-refractivity contribution is 0.0327. The Bertz CT molecular complexity index is 318. The first-order valence-corrected chi connectivity index (χ1v) is 15.0. The summed E-state index contributed by atoms with van der Waals surface area (Å²) >= 11 is 0. The summed E-state index contributed by atoms with van der Waals surface area (Å²) in [7, 11) is 0. The fourth-order valence-electron chi connectivity index (χ4n) is 4.45. The third-order valence-electron chi connectivity index (χ3n) is 6.76. The van der Waals surface area contributed by atoms with Gasteiger partial charge in [-0.1, -0.05) is 136 Å². The van der Waals surface area contributed by atoms with Crippen LogP contribution in [0.15, 0.2) is 0 Å². The van der Waals surface area contributed by atoms with Crippen LogP contribution in [-0.4, -0.2) is 25.9 Å². The molecule has 32 heavy (non-hydrogen) atoms. The Morgan fingerprint density at radius 2 is 0.781 bits per heavy atom. The van der Waals surface area contributed by atoms with Crippen LogP contribution in [0.5, 0.6) is 0 Å². The van der Waals surface area contributed by atoms with Crippen molar-refractivity contribution in [3.8, 4) is 0 Å². The van der Waals surface area contributed by atoms with Crippen molar-refractivity contribution in [1.29, 1.82) is 0 Å². The van der Waals surface area contributed by atoms with Gasteiger partial charge >= 0.3 is 0 Å². The summed E-state index contributed by atoms with van der Waals surface area (Å²) in [5.41, 5.74) is 0. The van der Waals surface area contributed by atoms with Crippen LogP contribution in [0.4, 0.5) is 0 Å². The Labute approximate surface area is 204 Å². The Hall–Kier alpha value is -0.0800. The molecule has 1 atom stereocenters. The summed E-state index contributed by atoms with van der Waals surface area (Å²) < 4.78 is 12.0. The molecule has 2 nitrogen and oxygen atoms in total. The maximum absolute atomic E-state index is 6.12. The Morgan fingerprint density at radius 3 is 1.22 bits per heavy atom. The van der Waals surface area contributed by atoms with Gasteiger partial charge in [-0.15, -0.1) is 0 Å². The van der Waals surface area contributed by atoms with E-state index in [-0.39, 0.29) is 0 Å². The molecule has 0 aliphatic carbocycles. The Kier molecular flexibility index (Phi) is 28.9. The summed E-state index contributed by atoms with van der Waals surface area (Å²) in [4.78, 5) is 0. The lowest BCUT2D eigenvalue weighted by Gasteiger charge is -2.16. The van der Waals surface area contributed by atoms with Gasteiger partial charge in [-0.3, -0.25) is 0 Å². The summed E-state index contributed by atoms with van der Waals surface area (Å²) in [6.45, 7) is 9.65. The first kappa shape index (κ1) is 31.9. The molecule has 0 spiro atoms. The van der Waals surface area contributed by atoms with Crippen LogP contribution in [0.1, 0.15) is 168 Å². The van der Waals surface area contributed by atoms with Crippen molar-refractivity contribution in [2.75, 3.05) is 19.8 Å². The van der Waals surface area contributed by atoms with Gasteiger partial charge in [-0.2, -0.15) is 0 Å². The molecule has 0 radical (unpaired) electrons. The molecular formula is C30H62O2. The van der Waals surface area contributed by atoms with Crippen LogP contribution in [0.2, 0.25) is 0 Å². The second kappa shape index (κ2) is 29.0. The highest BCUT2D eigenvalue weighted by Crippen LogP contribution is 2.13. The maximum Gasteiger partial charge on any atom is 0.0573 e. The van der Waals surface area contributed by atoms with Gasteiger partial charge in [0.05, 0.1) is 6.10 Å². The van der Waals surface area contributed by atoms with Crippen molar-refractivity contribution in [2.24, 2.45) is 0 Å². The fraction of sp³-hybridized carbons (Fsp3) is 1.00. The lowest BCUT2D eigenvalue weighted by atomic mass is 10.1. The van der Waals surface area contributed by atoms with E-state index in [9.17, 15) is 0 Å². The quantitative estimate of drug-likeness (QED) is 0.109. The van der Waals surface area contributed by atoms with E-state index >= 15 is 0 Å².